The molecule has 0 aliphatic rings. The van der Waals surface area contributed by atoms with E-state index in [9.17, 15) is 0 Å². The van der Waals surface area contributed by atoms with Gasteiger partial charge >= 0.3 is 0 Å². The summed E-state index contributed by atoms with van der Waals surface area (Å²) in [6.07, 6.45) is 49.1. The molecule has 9 heterocycles. The summed E-state index contributed by atoms with van der Waals surface area (Å²) in [5.74, 6) is 6.79. The van der Waals surface area contributed by atoms with Gasteiger partial charge in [-0.1, -0.05) is 52.5 Å². The van der Waals surface area contributed by atoms with Gasteiger partial charge in [-0.2, -0.15) is 0 Å². The van der Waals surface area contributed by atoms with Crippen LogP contribution >= 0.6 is 0 Å². The molecule has 0 saturated heterocycles. The Bertz CT molecular complexity index is 3070. The average Bonchev–Trinajstić information content (AvgIpc) is 4.41. The van der Waals surface area contributed by atoms with Crippen molar-refractivity contribution in [2.45, 2.75) is 161 Å². The molecule has 17 heteroatoms. The van der Waals surface area contributed by atoms with Crippen LogP contribution in [0.4, 0.5) is 0 Å². The predicted molar refractivity (Wildman–Crippen MR) is 330 cm³/mol. The molecule has 0 aliphatic carbocycles. The summed E-state index contributed by atoms with van der Waals surface area (Å²) in [6.45, 7) is 13.0. The Morgan fingerprint density at radius 2 is 1.02 bits per heavy atom. The molecule has 3 atom stereocenters. The van der Waals surface area contributed by atoms with Gasteiger partial charge in [0.05, 0.1) is 5.84 Å². The number of hydrogen-bond donors (Lipinski definition) is 1. The Balaban J connectivity index is 0.000000358. The van der Waals surface area contributed by atoms with Crippen molar-refractivity contribution in [3.63, 3.8) is 0 Å². The summed E-state index contributed by atoms with van der Waals surface area (Å²) in [5, 5.41) is 0. The Labute approximate surface area is 507 Å². The summed E-state index contributed by atoms with van der Waals surface area (Å²) >= 11 is 0. The Hall–Kier alpha value is -7.24. The van der Waals surface area contributed by atoms with Crippen molar-refractivity contribution in [2.24, 2.45) is 38.9 Å². The summed E-state index contributed by atoms with van der Waals surface area (Å²) < 4.78 is 14.7. The smallest absolute Gasteiger partial charge is 0.176 e. The molecule has 9 aromatic rings. The Kier molecular flexibility index (Phi) is 27.4. The molecule has 0 saturated carbocycles. The maximum Gasteiger partial charge on any atom is 0.176 e. The van der Waals surface area contributed by atoms with Crippen LogP contribution in [-0.4, -0.2) is 70.1 Å². The molecular weight excluding hydrogens is 1210 g/mol. The van der Waals surface area contributed by atoms with Crippen LogP contribution in [-0.2, 0) is 67.6 Å². The predicted octanol–water partition coefficient (Wildman–Crippen LogP) is 12.5. The van der Waals surface area contributed by atoms with Gasteiger partial charge in [0, 0.05) is 185 Å². The van der Waals surface area contributed by atoms with Crippen LogP contribution in [0.2, 0.25) is 0 Å². The maximum absolute atomic E-state index is 6.29. The van der Waals surface area contributed by atoms with Crippen molar-refractivity contribution in [1.82, 2.24) is 57.7 Å². The van der Waals surface area contributed by atoms with E-state index >= 15 is 0 Å². The van der Waals surface area contributed by atoms with Crippen molar-refractivity contribution in [2.75, 3.05) is 6.54 Å². The van der Waals surface area contributed by atoms with Crippen LogP contribution < -0.4 is 14.9 Å². The van der Waals surface area contributed by atoms with Crippen LogP contribution in [0.25, 0.3) is 34.8 Å². The van der Waals surface area contributed by atoms with Gasteiger partial charge in [0.25, 0.3) is 0 Å². The minimum absolute atomic E-state index is 0. The van der Waals surface area contributed by atoms with E-state index in [0.29, 0.717) is 17.8 Å². The number of rotatable bonds is 29. The fourth-order valence-electron chi connectivity index (χ4n) is 10.5. The van der Waals surface area contributed by atoms with Crippen molar-refractivity contribution >= 4 is 5.84 Å². The van der Waals surface area contributed by atoms with Gasteiger partial charge in [-0.3, -0.25) is 9.98 Å². The summed E-state index contributed by atoms with van der Waals surface area (Å²) in [5.41, 5.74) is 12.5. The van der Waals surface area contributed by atoms with Gasteiger partial charge in [-0.15, -0.1) is 0 Å². The number of unbranched alkanes of at least 4 members (excludes halogenated alkanes) is 8. The second-order valence-corrected chi connectivity index (χ2v) is 21.9. The molecule has 442 valence electrons. The quantitative estimate of drug-likeness (QED) is 0.0210. The summed E-state index contributed by atoms with van der Waals surface area (Å²) in [7, 11) is 7.82. The van der Waals surface area contributed by atoms with Crippen LogP contribution in [0.1, 0.15) is 157 Å². The number of nitrogens with two attached hydrogens (primary N) is 1. The summed E-state index contributed by atoms with van der Waals surface area (Å²) in [6, 6.07) is 20.0. The summed E-state index contributed by atoms with van der Waals surface area (Å²) in [4.78, 5) is 35.0. The minimum atomic E-state index is 0. The third-order valence-corrected chi connectivity index (χ3v) is 15.5. The number of aliphatic imine (C=N–C) groups is 1. The van der Waals surface area contributed by atoms with Gasteiger partial charge in [0.15, 0.2) is 53.9 Å². The molecule has 16 nitrogen and oxygen atoms in total. The second-order valence-electron chi connectivity index (χ2n) is 21.9. The first-order chi connectivity index (χ1) is 40.0. The zero-order chi connectivity index (χ0) is 57.9. The molecule has 0 radical (unpaired) electrons. The van der Waals surface area contributed by atoms with Crippen molar-refractivity contribution in [3.8, 4) is 34.8 Å². The number of amidine groups is 1. The normalized spacial score (nSPS) is 12.4. The fraction of sp³-hybridized carbons (Fsp3) is 0.455. The standard InChI is InChI=1S/C50H72N8.2C8H10N4.Os/c1-5-7-8-14-31-56-34-23-44(24-35-56)41(3)39-47(45-21-28-52-29-22-45)40-43(6-2)46-25-36-57(37-26-46)32-15-11-12-20-49(51)53-27-13-9-10-16-33-58-38-30-54-50(58)48-19-17-18-42(4)55-48;2*1-11-5-3-9-7(11)8-10-4-6-12(8)2;/h17-19,21-26,28-30,34-38,41,43,47H,5-16,20,27,31-33,39-40H2,1-4H3,(H2,51,53);2*3-6H,1-2H3;/q+2;;;. The number of aromatic nitrogens is 14. The molecular formula is C66H92N16Os+2. The van der Waals surface area contributed by atoms with Crippen LogP contribution in [0.15, 0.2) is 159 Å². The zero-order valence-electron chi connectivity index (χ0n) is 50.7. The average molecular weight is 1300 g/mol. The number of aryl methyl sites for hydroxylation is 8. The molecule has 2 N–H and O–H groups in total. The third kappa shape index (κ3) is 20.6. The zero-order valence-corrected chi connectivity index (χ0v) is 53.3. The molecule has 0 aliphatic heterocycles. The van der Waals surface area contributed by atoms with E-state index in [4.69, 9.17) is 5.73 Å². The molecule has 9 aromatic heterocycles. The fourth-order valence-corrected chi connectivity index (χ4v) is 10.5. The first kappa shape index (κ1) is 64.9. The second kappa shape index (κ2) is 35.0. The van der Waals surface area contributed by atoms with E-state index in [-0.39, 0.29) is 19.8 Å². The van der Waals surface area contributed by atoms with Crippen molar-refractivity contribution in [3.05, 3.63) is 176 Å². The molecule has 3 unspecified atom stereocenters. The molecule has 0 amide bonds. The maximum atomic E-state index is 6.29. The van der Waals surface area contributed by atoms with Crippen LogP contribution in [0, 0.1) is 6.92 Å². The largest absolute Gasteiger partial charge is 0.387 e. The van der Waals surface area contributed by atoms with E-state index in [2.05, 4.69) is 142 Å². The number of hydrogen-bond acceptors (Lipinski definition) is 8. The molecule has 83 heavy (non-hydrogen) atoms. The van der Waals surface area contributed by atoms with E-state index in [0.717, 1.165) is 137 Å². The third-order valence-electron chi connectivity index (χ3n) is 15.5. The number of nitrogens with zero attached hydrogens (tertiary/aromatic N) is 15. The van der Waals surface area contributed by atoms with Gasteiger partial charge in [-0.25, -0.2) is 39.0 Å². The van der Waals surface area contributed by atoms with Gasteiger partial charge < -0.3 is 28.6 Å². The van der Waals surface area contributed by atoms with Crippen molar-refractivity contribution < 1.29 is 28.9 Å². The van der Waals surface area contributed by atoms with E-state index < -0.39 is 0 Å². The molecule has 0 spiro atoms. The van der Waals surface area contributed by atoms with Gasteiger partial charge in [-0.05, 0) is 117 Å². The molecule has 9 rings (SSSR count). The number of imidazole rings is 5. The van der Waals surface area contributed by atoms with E-state index in [1.807, 2.05) is 115 Å². The SMILES string of the molecule is CCCCCC[n+]1ccc(C(C)CC(CC(CC)c2cc[n+](CCCCCC(N)=NCCCCCCn3ccnc3-c3cccc(C)n3)cc2)c2ccncc2)cc1.Cn1ccnc1-c1nccn1C.Cn1ccnc1-c1nccn1C.[Os]. The first-order valence-corrected chi connectivity index (χ1v) is 30.0. The Morgan fingerprint density at radius 1 is 0.530 bits per heavy atom. The molecule has 0 fully saturated rings. The van der Waals surface area contributed by atoms with E-state index in [1.165, 1.54) is 48.8 Å². The van der Waals surface area contributed by atoms with Crippen LogP contribution in [0.3, 0.4) is 0 Å². The number of pyridine rings is 4. The molecule has 0 bridgehead atoms. The van der Waals surface area contributed by atoms with E-state index in [1.54, 1.807) is 24.8 Å². The first-order valence-electron chi connectivity index (χ1n) is 30.0. The van der Waals surface area contributed by atoms with Gasteiger partial charge in [0.1, 0.15) is 18.8 Å². The van der Waals surface area contributed by atoms with Crippen molar-refractivity contribution in [1.29, 1.82) is 0 Å². The topological polar surface area (TPSA) is 161 Å². The van der Waals surface area contributed by atoms with Crippen LogP contribution in [0.5, 0.6) is 0 Å². The molecule has 0 aromatic carbocycles. The van der Waals surface area contributed by atoms with Gasteiger partial charge in [0.2, 0.25) is 0 Å². The minimum Gasteiger partial charge on any atom is -0.387 e. The Morgan fingerprint density at radius 3 is 1.54 bits per heavy atom. The monoisotopic (exact) mass is 1300 g/mol.